The monoisotopic (exact) mass is 390 g/mol. The molecule has 3 aromatic rings. The number of anilines is 4. The first-order valence-electron chi connectivity index (χ1n) is 9.08. The van der Waals surface area contributed by atoms with Crippen LogP contribution in [-0.4, -0.2) is 23.4 Å². The van der Waals surface area contributed by atoms with Crippen LogP contribution in [0.2, 0.25) is 0 Å². The molecule has 0 spiro atoms. The van der Waals surface area contributed by atoms with Crippen LogP contribution in [0.25, 0.3) is 0 Å². The number of pyridine rings is 1. The Labute approximate surface area is 169 Å². The Balaban J connectivity index is 1.52. The zero-order valence-corrected chi connectivity index (χ0v) is 16.2. The van der Waals surface area contributed by atoms with E-state index in [9.17, 15) is 9.59 Å². The zero-order chi connectivity index (χ0) is 20.6. The largest absolute Gasteiger partial charge is 0.484 e. The molecule has 0 aliphatic rings. The van der Waals surface area contributed by atoms with E-state index in [1.807, 2.05) is 55.5 Å². The van der Waals surface area contributed by atoms with Gasteiger partial charge in [-0.25, -0.2) is 4.98 Å². The Morgan fingerprint density at radius 1 is 0.931 bits per heavy atom. The van der Waals surface area contributed by atoms with Gasteiger partial charge in [0.15, 0.2) is 6.61 Å². The Morgan fingerprint density at radius 2 is 1.69 bits per heavy atom. The van der Waals surface area contributed by atoms with Crippen molar-refractivity contribution in [3.63, 3.8) is 0 Å². The van der Waals surface area contributed by atoms with Crippen molar-refractivity contribution in [1.29, 1.82) is 0 Å². The van der Waals surface area contributed by atoms with Gasteiger partial charge in [0.1, 0.15) is 11.6 Å². The fourth-order valence-electron chi connectivity index (χ4n) is 2.55. The second-order valence-electron chi connectivity index (χ2n) is 6.47. The van der Waals surface area contributed by atoms with E-state index in [-0.39, 0.29) is 18.4 Å². The molecule has 0 saturated heterocycles. The minimum Gasteiger partial charge on any atom is -0.484 e. The van der Waals surface area contributed by atoms with Crippen LogP contribution in [0.1, 0.15) is 12.5 Å². The number of ether oxygens (including phenoxy) is 1. The molecule has 0 aliphatic heterocycles. The minimum atomic E-state index is -0.290. The van der Waals surface area contributed by atoms with E-state index < -0.39 is 0 Å². The quantitative estimate of drug-likeness (QED) is 0.565. The molecule has 3 rings (SSSR count). The molecule has 7 nitrogen and oxygen atoms in total. The Morgan fingerprint density at radius 3 is 2.38 bits per heavy atom. The highest BCUT2D eigenvalue weighted by atomic mass is 16.5. The SMILES string of the molecule is CC(=O)Nc1cccc(Nc2ccc(NC(=O)COc3ccc(C)cc3)nc2)c1. The first-order chi connectivity index (χ1) is 14.0. The first kappa shape index (κ1) is 19.9. The molecule has 0 atom stereocenters. The molecule has 0 saturated carbocycles. The molecule has 0 aliphatic carbocycles. The Hall–Kier alpha value is -3.87. The van der Waals surface area contributed by atoms with Gasteiger partial charge in [0, 0.05) is 18.3 Å². The van der Waals surface area contributed by atoms with Gasteiger partial charge in [0.25, 0.3) is 5.91 Å². The maximum atomic E-state index is 12.0. The predicted octanol–water partition coefficient (Wildman–Crippen LogP) is 4.11. The number of carbonyl (C=O) groups is 2. The molecule has 148 valence electrons. The maximum Gasteiger partial charge on any atom is 0.263 e. The lowest BCUT2D eigenvalue weighted by Gasteiger charge is -2.10. The average Bonchev–Trinajstić information content (AvgIpc) is 2.69. The molecule has 0 bridgehead atoms. The number of nitrogens with one attached hydrogen (secondary N) is 3. The van der Waals surface area contributed by atoms with E-state index >= 15 is 0 Å². The third-order valence-corrected chi connectivity index (χ3v) is 3.89. The summed E-state index contributed by atoms with van der Waals surface area (Å²) in [7, 11) is 0. The molecule has 29 heavy (non-hydrogen) atoms. The number of rotatable bonds is 7. The maximum absolute atomic E-state index is 12.0. The molecular formula is C22H22N4O3. The van der Waals surface area contributed by atoms with E-state index in [1.54, 1.807) is 18.3 Å². The summed E-state index contributed by atoms with van der Waals surface area (Å²) >= 11 is 0. The molecule has 7 heteroatoms. The van der Waals surface area contributed by atoms with Gasteiger partial charge in [-0.1, -0.05) is 23.8 Å². The Bertz CT molecular complexity index is 986. The summed E-state index contributed by atoms with van der Waals surface area (Å²) in [6.45, 7) is 3.35. The standard InChI is InChI=1S/C22H22N4O3/c1-15-6-9-20(10-7-15)29-14-22(28)26-21-11-8-19(13-23-21)25-18-5-3-4-17(12-18)24-16(2)27/h3-13,25H,14H2,1-2H3,(H,24,27)(H,23,26,28). The Kier molecular flexibility index (Phi) is 6.42. The number of hydrogen-bond acceptors (Lipinski definition) is 5. The minimum absolute atomic E-state index is 0.0965. The number of carbonyl (C=O) groups excluding carboxylic acids is 2. The fraction of sp³-hybridized carbons (Fsp3) is 0.136. The van der Waals surface area contributed by atoms with Crippen LogP contribution in [0.4, 0.5) is 22.9 Å². The van der Waals surface area contributed by atoms with Gasteiger partial charge in [0.05, 0.1) is 11.9 Å². The molecule has 1 heterocycles. The van der Waals surface area contributed by atoms with Gasteiger partial charge < -0.3 is 20.7 Å². The number of aryl methyl sites for hydroxylation is 1. The van der Waals surface area contributed by atoms with Crippen LogP contribution in [-0.2, 0) is 9.59 Å². The smallest absolute Gasteiger partial charge is 0.263 e. The summed E-state index contributed by atoms with van der Waals surface area (Å²) in [6.07, 6.45) is 1.61. The second-order valence-corrected chi connectivity index (χ2v) is 6.47. The molecule has 0 radical (unpaired) electrons. The van der Waals surface area contributed by atoms with Crippen molar-refractivity contribution < 1.29 is 14.3 Å². The highest BCUT2D eigenvalue weighted by Crippen LogP contribution is 2.20. The third kappa shape index (κ3) is 6.35. The summed E-state index contributed by atoms with van der Waals surface area (Å²) in [5.41, 5.74) is 3.38. The van der Waals surface area contributed by atoms with E-state index in [1.165, 1.54) is 6.92 Å². The van der Waals surface area contributed by atoms with E-state index in [4.69, 9.17) is 4.74 Å². The van der Waals surface area contributed by atoms with Crippen molar-refractivity contribution in [2.75, 3.05) is 22.6 Å². The summed E-state index contributed by atoms with van der Waals surface area (Å²) in [5, 5.41) is 8.63. The van der Waals surface area contributed by atoms with Crippen molar-refractivity contribution in [2.45, 2.75) is 13.8 Å². The third-order valence-electron chi connectivity index (χ3n) is 3.89. The van der Waals surface area contributed by atoms with Gasteiger partial charge in [-0.3, -0.25) is 9.59 Å². The average molecular weight is 390 g/mol. The molecule has 2 aromatic carbocycles. The molecule has 3 N–H and O–H groups in total. The van der Waals surface area contributed by atoms with Gasteiger partial charge >= 0.3 is 0 Å². The van der Waals surface area contributed by atoms with Crippen LogP contribution in [0.3, 0.4) is 0 Å². The van der Waals surface area contributed by atoms with Crippen LogP contribution in [0.15, 0.2) is 66.9 Å². The first-order valence-corrected chi connectivity index (χ1v) is 9.08. The molecule has 0 unspecified atom stereocenters. The number of hydrogen-bond donors (Lipinski definition) is 3. The normalized spacial score (nSPS) is 10.1. The highest BCUT2D eigenvalue weighted by Gasteiger charge is 2.05. The number of nitrogens with zero attached hydrogens (tertiary/aromatic N) is 1. The topological polar surface area (TPSA) is 92.4 Å². The summed E-state index contributed by atoms with van der Waals surface area (Å²) < 4.78 is 5.45. The van der Waals surface area contributed by atoms with Gasteiger partial charge in [0.2, 0.25) is 5.91 Å². The second kappa shape index (κ2) is 9.36. The molecular weight excluding hydrogens is 368 g/mol. The van der Waals surface area contributed by atoms with Gasteiger partial charge in [-0.05, 0) is 49.4 Å². The predicted molar refractivity (Wildman–Crippen MR) is 114 cm³/mol. The highest BCUT2D eigenvalue weighted by molar-refractivity contribution is 5.91. The molecule has 1 aromatic heterocycles. The zero-order valence-electron chi connectivity index (χ0n) is 16.2. The molecule has 0 fully saturated rings. The summed E-state index contributed by atoms with van der Waals surface area (Å²) in [6, 6.07) is 18.3. The lowest BCUT2D eigenvalue weighted by Crippen LogP contribution is -2.20. The van der Waals surface area contributed by atoms with Crippen LogP contribution >= 0.6 is 0 Å². The van der Waals surface area contributed by atoms with E-state index in [0.29, 0.717) is 17.3 Å². The van der Waals surface area contributed by atoms with E-state index in [2.05, 4.69) is 20.9 Å². The van der Waals surface area contributed by atoms with Gasteiger partial charge in [-0.15, -0.1) is 0 Å². The van der Waals surface area contributed by atoms with Crippen LogP contribution in [0, 0.1) is 6.92 Å². The summed E-state index contributed by atoms with van der Waals surface area (Å²) in [4.78, 5) is 27.4. The number of benzene rings is 2. The number of amides is 2. The van der Waals surface area contributed by atoms with Crippen molar-refractivity contribution >= 4 is 34.7 Å². The number of aromatic nitrogens is 1. The van der Waals surface area contributed by atoms with Gasteiger partial charge in [-0.2, -0.15) is 0 Å². The lowest BCUT2D eigenvalue weighted by atomic mass is 10.2. The van der Waals surface area contributed by atoms with Crippen molar-refractivity contribution in [1.82, 2.24) is 4.98 Å². The van der Waals surface area contributed by atoms with Crippen LogP contribution < -0.4 is 20.7 Å². The van der Waals surface area contributed by atoms with Crippen molar-refractivity contribution in [3.05, 3.63) is 72.4 Å². The lowest BCUT2D eigenvalue weighted by molar-refractivity contribution is -0.118. The summed E-state index contributed by atoms with van der Waals surface area (Å²) in [5.74, 6) is 0.650. The fourth-order valence-corrected chi connectivity index (χ4v) is 2.55. The van der Waals surface area contributed by atoms with Crippen molar-refractivity contribution in [2.24, 2.45) is 0 Å². The van der Waals surface area contributed by atoms with Crippen molar-refractivity contribution in [3.8, 4) is 5.75 Å². The molecule has 2 amide bonds. The van der Waals surface area contributed by atoms with Crippen LogP contribution in [0.5, 0.6) is 5.75 Å². The van der Waals surface area contributed by atoms with E-state index in [0.717, 1.165) is 16.9 Å².